The van der Waals surface area contributed by atoms with Crippen LogP contribution in [0.3, 0.4) is 0 Å². The van der Waals surface area contributed by atoms with Gasteiger partial charge in [0, 0.05) is 5.97 Å². The number of hydrogen-bond acceptors (Lipinski definition) is 3. The van der Waals surface area contributed by atoms with E-state index in [0.29, 0.717) is 0 Å². The van der Waals surface area contributed by atoms with Gasteiger partial charge < -0.3 is 15.6 Å². The number of carbonyl (C=O) groups excluding carboxylic acids is 1. The molecule has 3 nitrogen and oxygen atoms in total. The summed E-state index contributed by atoms with van der Waals surface area (Å²) in [6, 6.07) is 0. The van der Waals surface area contributed by atoms with Crippen molar-refractivity contribution in [3.05, 3.63) is 0 Å². The third-order valence-corrected chi connectivity index (χ3v) is 0. The fraction of sp³-hybridized carbons (Fsp3) is 0.333. The summed E-state index contributed by atoms with van der Waals surface area (Å²) in [7, 11) is 0. The Balaban J connectivity index is -0.0000000720. The quantitative estimate of drug-likeness (QED) is 0.232. The van der Waals surface area contributed by atoms with Gasteiger partial charge in [0.05, 0.1) is 0 Å². The number of thiocarbonyl (C=S) groups is 1. The predicted octanol–water partition coefficient (Wildman–Crippen LogP) is -4.08. The molecule has 0 aromatic carbocycles. The summed E-state index contributed by atoms with van der Waals surface area (Å²) in [6.07, 6.45) is 0. The molecule has 0 radical (unpaired) electrons. The summed E-state index contributed by atoms with van der Waals surface area (Å²) in [6.45, 7) is 0.972. The van der Waals surface area contributed by atoms with Crippen LogP contribution in [0.15, 0.2) is 0 Å². The SMILES string of the molecule is CC(=O)[O-].NC(=S)S.[K+]. The molecule has 0 heterocycles. The van der Waals surface area contributed by atoms with E-state index >= 15 is 0 Å². The van der Waals surface area contributed by atoms with E-state index in [1.165, 1.54) is 0 Å². The van der Waals surface area contributed by atoms with Crippen LogP contribution in [-0.2, 0) is 4.79 Å². The van der Waals surface area contributed by atoms with Crippen LogP contribution >= 0.6 is 24.8 Å². The normalized spacial score (nSPS) is 5.56. The van der Waals surface area contributed by atoms with Gasteiger partial charge in [0.15, 0.2) is 0 Å². The first-order chi connectivity index (χ1) is 3.46. The van der Waals surface area contributed by atoms with Crippen molar-refractivity contribution >= 4 is 35.1 Å². The molecule has 0 aliphatic carbocycles. The molecule has 0 unspecified atom stereocenters. The van der Waals surface area contributed by atoms with Crippen LogP contribution in [0.2, 0.25) is 0 Å². The maximum Gasteiger partial charge on any atom is 1.00 e. The number of carbonyl (C=O) groups is 1. The number of hydrogen-bond donors (Lipinski definition) is 2. The molecular weight excluding hydrogens is 185 g/mol. The Labute approximate surface area is 107 Å². The zero-order valence-electron chi connectivity index (χ0n) is 5.25. The fourth-order valence-corrected chi connectivity index (χ4v) is 0. The van der Waals surface area contributed by atoms with E-state index in [1.807, 2.05) is 0 Å². The summed E-state index contributed by atoms with van der Waals surface area (Å²) in [4.78, 5) is 8.89. The number of carboxylic acid groups (broad SMARTS) is 1. The van der Waals surface area contributed by atoms with Crippen molar-refractivity contribution in [3.63, 3.8) is 0 Å². The van der Waals surface area contributed by atoms with Crippen molar-refractivity contribution in [2.24, 2.45) is 5.73 Å². The van der Waals surface area contributed by atoms with E-state index < -0.39 is 5.97 Å². The molecule has 9 heavy (non-hydrogen) atoms. The number of rotatable bonds is 0. The fourth-order valence-electron chi connectivity index (χ4n) is 0. The summed E-state index contributed by atoms with van der Waals surface area (Å²) < 4.78 is 0.194. The minimum atomic E-state index is -1.08. The molecule has 0 bridgehead atoms. The number of thiol groups is 1. The molecule has 0 fully saturated rings. The van der Waals surface area contributed by atoms with Gasteiger partial charge in [-0.15, -0.1) is 12.6 Å². The molecule has 0 aromatic heterocycles. The maximum atomic E-state index is 8.89. The van der Waals surface area contributed by atoms with Gasteiger partial charge in [0.2, 0.25) is 0 Å². The van der Waals surface area contributed by atoms with Crippen LogP contribution in [0.5, 0.6) is 0 Å². The van der Waals surface area contributed by atoms with Gasteiger partial charge in [0.1, 0.15) is 4.32 Å². The molecule has 0 saturated heterocycles. The van der Waals surface area contributed by atoms with Gasteiger partial charge in [-0.05, 0) is 6.92 Å². The summed E-state index contributed by atoms with van der Waals surface area (Å²) >= 11 is 7.65. The summed E-state index contributed by atoms with van der Waals surface area (Å²) in [5, 5.41) is 8.89. The Morgan fingerprint density at radius 2 is 1.78 bits per heavy atom. The van der Waals surface area contributed by atoms with Crippen molar-refractivity contribution in [1.29, 1.82) is 0 Å². The third-order valence-electron chi connectivity index (χ3n) is 0. The molecule has 48 valence electrons. The summed E-state index contributed by atoms with van der Waals surface area (Å²) in [5.74, 6) is -1.08. The van der Waals surface area contributed by atoms with E-state index in [-0.39, 0.29) is 55.7 Å². The van der Waals surface area contributed by atoms with Gasteiger partial charge >= 0.3 is 51.4 Å². The van der Waals surface area contributed by atoms with Crippen LogP contribution in [-0.4, -0.2) is 10.3 Å². The van der Waals surface area contributed by atoms with Crippen molar-refractivity contribution in [2.75, 3.05) is 0 Å². The van der Waals surface area contributed by atoms with Gasteiger partial charge in [-0.1, -0.05) is 12.2 Å². The molecule has 0 aliphatic rings. The van der Waals surface area contributed by atoms with Crippen LogP contribution in [0.25, 0.3) is 0 Å². The first-order valence-corrected chi connectivity index (χ1v) is 2.48. The third kappa shape index (κ3) is 278. The topological polar surface area (TPSA) is 66.1 Å². The van der Waals surface area contributed by atoms with Crippen LogP contribution < -0.4 is 62.2 Å². The van der Waals surface area contributed by atoms with E-state index in [4.69, 9.17) is 15.6 Å². The molecule has 0 atom stereocenters. The first-order valence-electron chi connectivity index (χ1n) is 1.62. The smallest absolute Gasteiger partial charge is 0.550 e. The van der Waals surface area contributed by atoms with Gasteiger partial charge in [-0.25, -0.2) is 0 Å². The second-order valence-corrected chi connectivity index (χ2v) is 2.05. The Bertz CT molecular complexity index is 77.8. The monoisotopic (exact) mass is 191 g/mol. The average Bonchev–Trinajstić information content (AvgIpc) is 1.25. The van der Waals surface area contributed by atoms with Crippen LogP contribution in [0.1, 0.15) is 6.92 Å². The van der Waals surface area contributed by atoms with Gasteiger partial charge in [-0.3, -0.25) is 0 Å². The number of carboxylic acids is 1. The second kappa shape index (κ2) is 12.1. The standard InChI is InChI=1S/C2H4O2.CH3NS2.K/c1-2(3)4;2-1(3)4;/h1H3,(H,3,4);(H3,2,3,4);/q;;+1/p-1. The largest absolute Gasteiger partial charge is 1.00 e. The predicted molar refractivity (Wildman–Crippen MR) is 36.5 cm³/mol. The Morgan fingerprint density at radius 1 is 1.78 bits per heavy atom. The maximum absolute atomic E-state index is 8.89. The number of aliphatic carboxylic acids is 1. The molecule has 0 aromatic rings. The van der Waals surface area contributed by atoms with Crippen molar-refractivity contribution in [2.45, 2.75) is 6.92 Å². The summed E-state index contributed by atoms with van der Waals surface area (Å²) in [5.41, 5.74) is 4.71. The number of nitrogens with two attached hydrogens (primary N) is 1. The van der Waals surface area contributed by atoms with Crippen LogP contribution in [0.4, 0.5) is 0 Å². The minimum Gasteiger partial charge on any atom is -0.550 e. The molecule has 0 spiro atoms. The van der Waals surface area contributed by atoms with Gasteiger partial charge in [0.25, 0.3) is 0 Å². The molecule has 6 heteroatoms. The molecular formula is C3H6KNO2S2. The van der Waals surface area contributed by atoms with E-state index in [0.717, 1.165) is 6.92 Å². The molecule has 0 rings (SSSR count). The molecule has 0 amide bonds. The average molecular weight is 191 g/mol. The second-order valence-electron chi connectivity index (χ2n) is 0.830. The van der Waals surface area contributed by atoms with E-state index in [2.05, 4.69) is 24.8 Å². The zero-order chi connectivity index (χ0) is 7.15. The van der Waals surface area contributed by atoms with Gasteiger partial charge in [-0.2, -0.15) is 0 Å². The van der Waals surface area contributed by atoms with Crippen molar-refractivity contribution in [3.8, 4) is 0 Å². The first kappa shape index (κ1) is 16.7. The molecule has 2 N–H and O–H groups in total. The zero-order valence-corrected chi connectivity index (χ0v) is 10.1. The van der Waals surface area contributed by atoms with Crippen molar-refractivity contribution < 1.29 is 61.3 Å². The molecule has 0 saturated carbocycles. The van der Waals surface area contributed by atoms with E-state index in [9.17, 15) is 0 Å². The van der Waals surface area contributed by atoms with Crippen molar-refractivity contribution in [1.82, 2.24) is 0 Å². The van der Waals surface area contributed by atoms with E-state index in [1.54, 1.807) is 0 Å². The Morgan fingerprint density at radius 3 is 1.78 bits per heavy atom. The Kier molecular flexibility index (Phi) is 22.4. The van der Waals surface area contributed by atoms with Crippen LogP contribution in [0, 0.1) is 0 Å². The Hall–Kier alpha value is 1.35. The molecule has 0 aliphatic heterocycles. The minimum absolute atomic E-state index is 0.